The lowest BCUT2D eigenvalue weighted by molar-refractivity contribution is -0.137. The van der Waals surface area contributed by atoms with E-state index in [-0.39, 0.29) is 11.3 Å². The van der Waals surface area contributed by atoms with Crippen LogP contribution in [-0.4, -0.2) is 26.5 Å². The molecule has 0 amide bonds. The summed E-state index contributed by atoms with van der Waals surface area (Å²) in [7, 11) is -3.52. The predicted octanol–water partition coefficient (Wildman–Crippen LogP) is 2.22. The largest absolute Gasteiger partial charge is 0.416 e. The van der Waals surface area contributed by atoms with E-state index in [1.807, 2.05) is 0 Å². The maximum Gasteiger partial charge on any atom is 0.416 e. The molecule has 0 aliphatic heterocycles. The topological polar surface area (TPSA) is 63.2 Å². The fourth-order valence-corrected chi connectivity index (χ4v) is 2.50. The van der Waals surface area contributed by atoms with Gasteiger partial charge in [-0.3, -0.25) is 4.79 Å². The Hall–Kier alpha value is -1.41. The quantitative estimate of drug-likeness (QED) is 0.820. The molecule has 0 unspecified atom stereocenters. The number of carbonyl (C=O) groups excluding carboxylic acids is 1. The Kier molecular flexibility index (Phi) is 5.29. The maximum atomic E-state index is 12.3. The van der Waals surface area contributed by atoms with Gasteiger partial charge >= 0.3 is 6.18 Å². The number of halogens is 3. The number of benzene rings is 1. The smallest absolute Gasteiger partial charge is 0.293 e. The third-order valence-electron chi connectivity index (χ3n) is 2.46. The van der Waals surface area contributed by atoms with Crippen molar-refractivity contribution in [3.8, 4) is 0 Å². The summed E-state index contributed by atoms with van der Waals surface area (Å²) in [5, 5.41) is 0. The lowest BCUT2D eigenvalue weighted by Crippen LogP contribution is -2.31. The molecule has 0 bridgehead atoms. The lowest BCUT2D eigenvalue weighted by atomic mass is 10.1. The molecule has 20 heavy (non-hydrogen) atoms. The number of alkyl halides is 3. The standard InChI is InChI=1S/C12H14F3NO3S/c1-2-7-20(18,19)16-8-11(17)9-3-5-10(6-4-9)12(13,14)15/h3-6,16H,2,7-8H2,1H3. The van der Waals surface area contributed by atoms with Gasteiger partial charge in [0, 0.05) is 5.56 Å². The molecule has 0 radical (unpaired) electrons. The van der Waals surface area contributed by atoms with E-state index in [0.717, 1.165) is 24.3 Å². The highest BCUT2D eigenvalue weighted by Gasteiger charge is 2.30. The van der Waals surface area contributed by atoms with Gasteiger partial charge in [0.25, 0.3) is 0 Å². The van der Waals surface area contributed by atoms with Crippen molar-refractivity contribution in [2.75, 3.05) is 12.3 Å². The minimum atomic E-state index is -4.47. The van der Waals surface area contributed by atoms with Crippen molar-refractivity contribution in [3.05, 3.63) is 35.4 Å². The van der Waals surface area contributed by atoms with Gasteiger partial charge in [-0.25, -0.2) is 13.1 Å². The van der Waals surface area contributed by atoms with E-state index in [1.54, 1.807) is 6.92 Å². The van der Waals surface area contributed by atoms with Crippen LogP contribution in [0.1, 0.15) is 29.3 Å². The Balaban J connectivity index is 2.70. The van der Waals surface area contributed by atoms with Gasteiger partial charge in [-0.1, -0.05) is 19.1 Å². The van der Waals surface area contributed by atoms with Crippen LogP contribution in [-0.2, 0) is 16.2 Å². The summed E-state index contributed by atoms with van der Waals surface area (Å²) in [5.41, 5.74) is -0.835. The Morgan fingerprint density at radius 2 is 1.75 bits per heavy atom. The zero-order valence-corrected chi connectivity index (χ0v) is 11.5. The number of hydrogen-bond donors (Lipinski definition) is 1. The van der Waals surface area contributed by atoms with E-state index in [0.29, 0.717) is 6.42 Å². The molecule has 8 heteroatoms. The predicted molar refractivity (Wildman–Crippen MR) is 67.9 cm³/mol. The Morgan fingerprint density at radius 3 is 2.20 bits per heavy atom. The van der Waals surface area contributed by atoms with Gasteiger partial charge in [0.15, 0.2) is 5.78 Å². The zero-order chi connectivity index (χ0) is 15.4. The highest BCUT2D eigenvalue weighted by Crippen LogP contribution is 2.29. The molecular weight excluding hydrogens is 295 g/mol. The molecule has 0 aromatic heterocycles. The summed E-state index contributed by atoms with van der Waals surface area (Å²) < 4.78 is 61.8. The first-order valence-electron chi connectivity index (χ1n) is 5.83. The molecule has 4 nitrogen and oxygen atoms in total. The molecule has 1 aromatic carbocycles. The van der Waals surface area contributed by atoms with Crippen LogP contribution < -0.4 is 4.72 Å². The van der Waals surface area contributed by atoms with Crippen LogP contribution in [0.3, 0.4) is 0 Å². The third-order valence-corrected chi connectivity index (χ3v) is 3.99. The molecule has 0 saturated carbocycles. The minimum absolute atomic E-state index is 0.0252. The van der Waals surface area contributed by atoms with Crippen molar-refractivity contribution in [1.29, 1.82) is 0 Å². The van der Waals surface area contributed by atoms with Gasteiger partial charge in [0.05, 0.1) is 17.9 Å². The zero-order valence-electron chi connectivity index (χ0n) is 10.7. The van der Waals surface area contributed by atoms with E-state index in [9.17, 15) is 26.4 Å². The first kappa shape index (κ1) is 16.6. The first-order valence-corrected chi connectivity index (χ1v) is 7.49. The highest BCUT2D eigenvalue weighted by atomic mass is 32.2. The van der Waals surface area contributed by atoms with Crippen LogP contribution in [0.5, 0.6) is 0 Å². The Morgan fingerprint density at radius 1 is 1.20 bits per heavy atom. The van der Waals surface area contributed by atoms with Gasteiger partial charge in [-0.05, 0) is 18.6 Å². The number of nitrogens with one attached hydrogen (secondary N) is 1. The summed E-state index contributed by atoms with van der Waals surface area (Å²) in [6.45, 7) is 1.21. The molecule has 0 aliphatic carbocycles. The van der Waals surface area contributed by atoms with Gasteiger partial charge in [-0.15, -0.1) is 0 Å². The van der Waals surface area contributed by atoms with Crippen molar-refractivity contribution in [2.45, 2.75) is 19.5 Å². The fraction of sp³-hybridized carbons (Fsp3) is 0.417. The third kappa shape index (κ3) is 4.93. The Labute approximate surface area is 115 Å². The first-order chi connectivity index (χ1) is 9.15. The molecule has 0 spiro atoms. The van der Waals surface area contributed by atoms with E-state index in [1.165, 1.54) is 0 Å². The van der Waals surface area contributed by atoms with Crippen molar-refractivity contribution in [3.63, 3.8) is 0 Å². The number of Topliss-reactive ketones (excluding diaryl/α,β-unsaturated/α-hetero) is 1. The van der Waals surface area contributed by atoms with E-state index >= 15 is 0 Å². The fourth-order valence-electron chi connectivity index (χ4n) is 1.46. The molecular formula is C12H14F3NO3S. The average molecular weight is 309 g/mol. The summed E-state index contributed by atoms with van der Waals surface area (Å²) in [6.07, 6.45) is -4.06. The summed E-state index contributed by atoms with van der Waals surface area (Å²) in [4.78, 5) is 11.6. The lowest BCUT2D eigenvalue weighted by Gasteiger charge is -2.08. The van der Waals surface area contributed by atoms with Crippen molar-refractivity contribution in [1.82, 2.24) is 4.72 Å². The summed E-state index contributed by atoms with van der Waals surface area (Å²) in [5.74, 6) is -0.689. The van der Waals surface area contributed by atoms with Crippen molar-refractivity contribution in [2.24, 2.45) is 0 Å². The number of ketones is 1. The van der Waals surface area contributed by atoms with Crippen LogP contribution >= 0.6 is 0 Å². The van der Waals surface area contributed by atoms with Crippen LogP contribution in [0.15, 0.2) is 24.3 Å². The Bertz CT molecular complexity index is 565. The van der Waals surface area contributed by atoms with Crippen LogP contribution in [0.4, 0.5) is 13.2 Å². The van der Waals surface area contributed by atoms with Gasteiger partial charge in [-0.2, -0.15) is 13.2 Å². The van der Waals surface area contributed by atoms with Crippen LogP contribution in [0.25, 0.3) is 0 Å². The number of sulfonamides is 1. The van der Waals surface area contributed by atoms with E-state index < -0.39 is 34.1 Å². The monoisotopic (exact) mass is 309 g/mol. The number of rotatable bonds is 6. The SMILES string of the molecule is CCCS(=O)(=O)NCC(=O)c1ccc(C(F)(F)F)cc1. The van der Waals surface area contributed by atoms with Crippen molar-refractivity contribution >= 4 is 15.8 Å². The summed E-state index contributed by atoms with van der Waals surface area (Å²) in [6, 6.07) is 3.63. The molecule has 0 saturated heterocycles. The molecule has 1 rings (SSSR count). The second-order valence-corrected chi connectivity index (χ2v) is 6.06. The van der Waals surface area contributed by atoms with E-state index in [2.05, 4.69) is 4.72 Å². The maximum absolute atomic E-state index is 12.3. The molecule has 1 N–H and O–H groups in total. The highest BCUT2D eigenvalue weighted by molar-refractivity contribution is 7.89. The molecule has 112 valence electrons. The number of carbonyl (C=O) groups is 1. The van der Waals surface area contributed by atoms with Crippen LogP contribution in [0.2, 0.25) is 0 Å². The van der Waals surface area contributed by atoms with Gasteiger partial charge in [0.1, 0.15) is 0 Å². The van der Waals surface area contributed by atoms with Crippen molar-refractivity contribution < 1.29 is 26.4 Å². The van der Waals surface area contributed by atoms with Crippen LogP contribution in [0, 0.1) is 0 Å². The molecule has 0 aliphatic rings. The van der Waals surface area contributed by atoms with Gasteiger partial charge < -0.3 is 0 Å². The summed E-state index contributed by atoms with van der Waals surface area (Å²) >= 11 is 0. The second kappa shape index (κ2) is 6.36. The molecule has 0 heterocycles. The molecule has 1 aromatic rings. The molecule has 0 atom stereocenters. The van der Waals surface area contributed by atoms with Gasteiger partial charge in [0.2, 0.25) is 10.0 Å². The normalized spacial score (nSPS) is 12.4. The second-order valence-electron chi connectivity index (χ2n) is 4.14. The number of hydrogen-bond acceptors (Lipinski definition) is 3. The van der Waals surface area contributed by atoms with E-state index in [4.69, 9.17) is 0 Å². The minimum Gasteiger partial charge on any atom is -0.293 e. The average Bonchev–Trinajstić information content (AvgIpc) is 2.35. The molecule has 0 fully saturated rings.